The second-order valence-corrected chi connectivity index (χ2v) is 5.59. The largest absolute Gasteiger partial charge is 0.392 e. The van der Waals surface area contributed by atoms with E-state index in [0.29, 0.717) is 16.0 Å². The number of hydrogen-bond donors (Lipinski definition) is 2. The van der Waals surface area contributed by atoms with Crippen molar-refractivity contribution in [1.82, 2.24) is 4.98 Å². The van der Waals surface area contributed by atoms with E-state index in [1.165, 1.54) is 11.3 Å². The molecule has 6 heteroatoms. The van der Waals surface area contributed by atoms with Crippen LogP contribution in [0.5, 0.6) is 0 Å². The molecule has 1 aromatic rings. The molecule has 0 aromatic carbocycles. The third kappa shape index (κ3) is 1.82. The topological polar surface area (TPSA) is 68.0 Å². The zero-order valence-corrected chi connectivity index (χ0v) is 10.5. The minimum absolute atomic E-state index is 0.118. The fourth-order valence-electron chi connectivity index (χ4n) is 2.13. The van der Waals surface area contributed by atoms with Crippen LogP contribution >= 0.6 is 23.6 Å². The first-order valence-electron chi connectivity index (χ1n) is 5.05. The van der Waals surface area contributed by atoms with Gasteiger partial charge in [-0.3, -0.25) is 4.79 Å². The van der Waals surface area contributed by atoms with Crippen molar-refractivity contribution in [2.75, 3.05) is 5.32 Å². The summed E-state index contributed by atoms with van der Waals surface area (Å²) in [4.78, 5) is 16.4. The van der Waals surface area contributed by atoms with E-state index in [0.717, 1.165) is 12.8 Å². The standard InChI is InChI=1S/C10H13N3OS2/c1-6-4-10(5-6,7(11)15)8(14)13-9-12-2-3-16-9/h2-3,6H,4-5H2,1H3,(H2,11,15)(H,12,13,14). The quantitative estimate of drug-likeness (QED) is 0.808. The van der Waals surface area contributed by atoms with Gasteiger partial charge in [-0.2, -0.15) is 0 Å². The number of hydrogen-bond acceptors (Lipinski definition) is 4. The lowest BCUT2D eigenvalue weighted by molar-refractivity contribution is -0.127. The molecule has 16 heavy (non-hydrogen) atoms. The summed E-state index contributed by atoms with van der Waals surface area (Å²) >= 11 is 6.39. The van der Waals surface area contributed by atoms with Gasteiger partial charge in [0.2, 0.25) is 5.91 Å². The molecule has 1 heterocycles. The molecule has 0 radical (unpaired) electrons. The van der Waals surface area contributed by atoms with E-state index >= 15 is 0 Å². The lowest BCUT2D eigenvalue weighted by atomic mass is 9.62. The van der Waals surface area contributed by atoms with E-state index in [1.807, 2.05) is 5.38 Å². The molecule has 0 atom stereocenters. The number of carbonyl (C=O) groups is 1. The van der Waals surface area contributed by atoms with E-state index in [1.54, 1.807) is 6.20 Å². The van der Waals surface area contributed by atoms with E-state index in [2.05, 4.69) is 17.2 Å². The van der Waals surface area contributed by atoms with Gasteiger partial charge in [-0.1, -0.05) is 19.1 Å². The molecule has 3 N–H and O–H groups in total. The van der Waals surface area contributed by atoms with Crippen molar-refractivity contribution in [1.29, 1.82) is 0 Å². The molecule has 0 aliphatic heterocycles. The van der Waals surface area contributed by atoms with Gasteiger partial charge >= 0.3 is 0 Å². The van der Waals surface area contributed by atoms with Crippen LogP contribution in [0.15, 0.2) is 11.6 Å². The maximum atomic E-state index is 12.1. The van der Waals surface area contributed by atoms with Crippen LogP contribution in [0, 0.1) is 11.3 Å². The third-order valence-corrected chi connectivity index (χ3v) is 4.03. The first-order valence-corrected chi connectivity index (χ1v) is 6.34. The lowest BCUT2D eigenvalue weighted by Crippen LogP contribution is -2.53. The highest BCUT2D eigenvalue weighted by Gasteiger charge is 2.51. The molecule has 86 valence electrons. The molecule has 1 aliphatic rings. The van der Waals surface area contributed by atoms with Gasteiger partial charge in [-0.05, 0) is 18.8 Å². The van der Waals surface area contributed by atoms with Gasteiger partial charge < -0.3 is 11.1 Å². The Morgan fingerprint density at radius 2 is 2.44 bits per heavy atom. The number of carbonyl (C=O) groups excluding carboxylic acids is 1. The van der Waals surface area contributed by atoms with Gasteiger partial charge in [-0.15, -0.1) is 11.3 Å². The van der Waals surface area contributed by atoms with Crippen molar-refractivity contribution in [2.24, 2.45) is 17.1 Å². The Morgan fingerprint density at radius 1 is 1.75 bits per heavy atom. The number of anilines is 1. The molecule has 1 amide bonds. The Bertz CT molecular complexity index is 410. The summed E-state index contributed by atoms with van der Waals surface area (Å²) in [6.07, 6.45) is 3.12. The highest BCUT2D eigenvalue weighted by molar-refractivity contribution is 7.80. The Morgan fingerprint density at radius 3 is 2.88 bits per heavy atom. The zero-order valence-electron chi connectivity index (χ0n) is 8.90. The highest BCUT2D eigenvalue weighted by Crippen LogP contribution is 2.46. The number of amides is 1. The van der Waals surface area contributed by atoms with E-state index in [4.69, 9.17) is 18.0 Å². The zero-order chi connectivity index (χ0) is 11.8. The number of thiazole rings is 1. The summed E-state index contributed by atoms with van der Waals surface area (Å²) in [7, 11) is 0. The van der Waals surface area contributed by atoms with Crippen LogP contribution in [0.25, 0.3) is 0 Å². The summed E-state index contributed by atoms with van der Waals surface area (Å²) in [5.74, 6) is 0.386. The van der Waals surface area contributed by atoms with Crippen molar-refractivity contribution >= 4 is 39.6 Å². The minimum Gasteiger partial charge on any atom is -0.392 e. The Balaban J connectivity index is 2.10. The van der Waals surface area contributed by atoms with Crippen LogP contribution < -0.4 is 11.1 Å². The van der Waals surface area contributed by atoms with Crippen LogP contribution in [0.1, 0.15) is 19.8 Å². The van der Waals surface area contributed by atoms with Crippen molar-refractivity contribution in [3.63, 3.8) is 0 Å². The molecule has 1 saturated carbocycles. The Labute approximate surface area is 103 Å². The van der Waals surface area contributed by atoms with E-state index in [9.17, 15) is 4.79 Å². The molecule has 0 saturated heterocycles. The number of thiocarbonyl (C=S) groups is 1. The van der Waals surface area contributed by atoms with Gasteiger partial charge in [-0.25, -0.2) is 4.98 Å². The highest BCUT2D eigenvalue weighted by atomic mass is 32.1. The van der Waals surface area contributed by atoms with E-state index in [-0.39, 0.29) is 5.91 Å². The molecule has 1 aliphatic carbocycles. The second-order valence-electron chi connectivity index (χ2n) is 4.25. The Hall–Kier alpha value is -1.01. The average molecular weight is 255 g/mol. The molecule has 0 unspecified atom stereocenters. The van der Waals surface area contributed by atoms with Gasteiger partial charge in [0.15, 0.2) is 5.13 Å². The minimum atomic E-state index is -0.652. The molecule has 1 fully saturated rings. The smallest absolute Gasteiger partial charge is 0.239 e. The summed E-state index contributed by atoms with van der Waals surface area (Å²) in [6, 6.07) is 0. The number of nitrogens with zero attached hydrogens (tertiary/aromatic N) is 1. The summed E-state index contributed by atoms with van der Waals surface area (Å²) < 4.78 is 0. The van der Waals surface area contributed by atoms with Crippen LogP contribution in [-0.4, -0.2) is 15.9 Å². The number of rotatable bonds is 3. The molecular weight excluding hydrogens is 242 g/mol. The Kier molecular flexibility index (Phi) is 2.94. The first kappa shape index (κ1) is 11.5. The van der Waals surface area contributed by atoms with Gasteiger partial charge in [0.05, 0.1) is 10.4 Å². The first-order chi connectivity index (χ1) is 7.54. The second kappa shape index (κ2) is 4.10. The van der Waals surface area contributed by atoms with Crippen molar-refractivity contribution in [3.05, 3.63) is 11.6 Å². The predicted molar refractivity (Wildman–Crippen MR) is 68.4 cm³/mol. The van der Waals surface area contributed by atoms with Crippen molar-refractivity contribution in [3.8, 4) is 0 Å². The monoisotopic (exact) mass is 255 g/mol. The van der Waals surface area contributed by atoms with Crippen LogP contribution in [0.3, 0.4) is 0 Å². The van der Waals surface area contributed by atoms with Crippen LogP contribution in [0.4, 0.5) is 5.13 Å². The predicted octanol–water partition coefficient (Wildman–Crippen LogP) is 1.78. The van der Waals surface area contributed by atoms with Gasteiger partial charge in [0.25, 0.3) is 0 Å². The molecule has 2 rings (SSSR count). The van der Waals surface area contributed by atoms with Crippen LogP contribution in [-0.2, 0) is 4.79 Å². The molecular formula is C10H13N3OS2. The fourth-order valence-corrected chi connectivity index (χ4v) is 2.91. The summed E-state index contributed by atoms with van der Waals surface area (Å²) in [5.41, 5.74) is 5.03. The van der Waals surface area contributed by atoms with Gasteiger partial charge in [0.1, 0.15) is 0 Å². The van der Waals surface area contributed by atoms with Gasteiger partial charge in [0, 0.05) is 11.6 Å². The van der Waals surface area contributed by atoms with E-state index < -0.39 is 5.41 Å². The molecule has 4 nitrogen and oxygen atoms in total. The molecule has 0 bridgehead atoms. The third-order valence-electron chi connectivity index (χ3n) is 2.95. The lowest BCUT2D eigenvalue weighted by Gasteiger charge is -2.43. The summed E-state index contributed by atoms with van der Waals surface area (Å²) in [6.45, 7) is 2.09. The maximum absolute atomic E-state index is 12.1. The fraction of sp³-hybridized carbons (Fsp3) is 0.500. The number of nitrogens with one attached hydrogen (secondary N) is 1. The summed E-state index contributed by atoms with van der Waals surface area (Å²) in [5, 5.41) is 5.18. The normalized spacial score (nSPS) is 28.2. The average Bonchev–Trinajstić information content (AvgIpc) is 2.64. The molecule has 1 aromatic heterocycles. The molecule has 0 spiro atoms. The SMILES string of the molecule is CC1CC(C(=O)Nc2nccs2)(C(N)=S)C1. The maximum Gasteiger partial charge on any atom is 0.239 e. The number of aromatic nitrogens is 1. The van der Waals surface area contributed by atoms with Crippen molar-refractivity contribution < 1.29 is 4.79 Å². The van der Waals surface area contributed by atoms with Crippen LogP contribution in [0.2, 0.25) is 0 Å². The van der Waals surface area contributed by atoms with Crippen molar-refractivity contribution in [2.45, 2.75) is 19.8 Å². The number of nitrogens with two attached hydrogens (primary N) is 1.